The van der Waals surface area contributed by atoms with Crippen molar-refractivity contribution in [2.75, 3.05) is 28.3 Å². The summed E-state index contributed by atoms with van der Waals surface area (Å²) in [5.74, 6) is -0.0131. The summed E-state index contributed by atoms with van der Waals surface area (Å²) in [5.41, 5.74) is 1.55. The van der Waals surface area contributed by atoms with Gasteiger partial charge >= 0.3 is 6.18 Å². The Hall–Kier alpha value is -3.89. The zero-order valence-electron chi connectivity index (χ0n) is 16.3. The third-order valence-electron chi connectivity index (χ3n) is 4.68. The predicted molar refractivity (Wildman–Crippen MR) is 110 cm³/mol. The number of para-hydroxylation sites is 1. The second-order valence-corrected chi connectivity index (χ2v) is 6.76. The van der Waals surface area contributed by atoms with Crippen LogP contribution < -0.4 is 21.3 Å². The molecular formula is C20H18F3N7O. The molecule has 3 heterocycles. The zero-order chi connectivity index (χ0) is 22.0. The van der Waals surface area contributed by atoms with Crippen molar-refractivity contribution < 1.29 is 18.0 Å². The molecule has 2 aromatic heterocycles. The SMILES string of the molecule is CNc1ncccc1CNc1nc(Nc2cccc3c2NC(=O)C3)ncc1C(F)(F)F. The van der Waals surface area contributed by atoms with E-state index in [9.17, 15) is 18.0 Å². The maximum atomic E-state index is 13.5. The van der Waals surface area contributed by atoms with Crippen LogP contribution in [0.15, 0.2) is 42.7 Å². The van der Waals surface area contributed by atoms with Gasteiger partial charge in [0, 0.05) is 31.5 Å². The summed E-state index contributed by atoms with van der Waals surface area (Å²) in [5, 5.41) is 11.3. The first-order valence-corrected chi connectivity index (χ1v) is 9.33. The summed E-state index contributed by atoms with van der Waals surface area (Å²) >= 11 is 0. The van der Waals surface area contributed by atoms with E-state index in [0.717, 1.165) is 11.8 Å². The van der Waals surface area contributed by atoms with Crippen LogP contribution in [0.5, 0.6) is 0 Å². The summed E-state index contributed by atoms with van der Waals surface area (Å²) < 4.78 is 40.5. The van der Waals surface area contributed by atoms with Crippen molar-refractivity contribution in [3.8, 4) is 0 Å². The van der Waals surface area contributed by atoms with Crippen molar-refractivity contribution >= 4 is 34.9 Å². The molecule has 1 amide bonds. The number of nitrogens with one attached hydrogen (secondary N) is 4. The van der Waals surface area contributed by atoms with Gasteiger partial charge in [-0.2, -0.15) is 18.2 Å². The predicted octanol–water partition coefficient (Wildman–Crippen LogP) is 3.78. The lowest BCUT2D eigenvalue weighted by molar-refractivity contribution is -0.137. The minimum absolute atomic E-state index is 0.0370. The first-order valence-electron chi connectivity index (χ1n) is 9.33. The molecule has 0 saturated heterocycles. The van der Waals surface area contributed by atoms with Gasteiger partial charge in [0.25, 0.3) is 0 Å². The fourth-order valence-corrected chi connectivity index (χ4v) is 3.25. The van der Waals surface area contributed by atoms with Crippen LogP contribution in [0, 0.1) is 0 Å². The van der Waals surface area contributed by atoms with Gasteiger partial charge in [-0.1, -0.05) is 18.2 Å². The Labute approximate surface area is 175 Å². The number of hydrogen-bond donors (Lipinski definition) is 4. The number of carbonyl (C=O) groups excluding carboxylic acids is 1. The highest BCUT2D eigenvalue weighted by molar-refractivity contribution is 6.03. The molecule has 4 N–H and O–H groups in total. The van der Waals surface area contributed by atoms with E-state index in [4.69, 9.17) is 0 Å². The maximum absolute atomic E-state index is 13.5. The summed E-state index contributed by atoms with van der Waals surface area (Å²) in [6.07, 6.45) is -2.09. The van der Waals surface area contributed by atoms with Gasteiger partial charge in [-0.25, -0.2) is 9.97 Å². The average molecular weight is 429 g/mol. The third-order valence-corrected chi connectivity index (χ3v) is 4.68. The molecule has 0 aliphatic carbocycles. The monoisotopic (exact) mass is 429 g/mol. The molecule has 1 aromatic carbocycles. The summed E-state index contributed by atoms with van der Waals surface area (Å²) in [6, 6.07) is 8.67. The minimum Gasteiger partial charge on any atom is -0.373 e. The third kappa shape index (κ3) is 4.34. The molecule has 1 aliphatic rings. The Morgan fingerprint density at radius 1 is 1.13 bits per heavy atom. The van der Waals surface area contributed by atoms with Crippen LogP contribution in [0.3, 0.4) is 0 Å². The van der Waals surface area contributed by atoms with E-state index in [0.29, 0.717) is 22.8 Å². The number of nitrogens with zero attached hydrogens (tertiary/aromatic N) is 3. The van der Waals surface area contributed by atoms with Gasteiger partial charge in [0.2, 0.25) is 11.9 Å². The molecule has 0 fully saturated rings. The lowest BCUT2D eigenvalue weighted by Gasteiger charge is -2.16. The van der Waals surface area contributed by atoms with E-state index >= 15 is 0 Å². The maximum Gasteiger partial charge on any atom is 0.421 e. The van der Waals surface area contributed by atoms with Crippen molar-refractivity contribution in [1.82, 2.24) is 15.0 Å². The van der Waals surface area contributed by atoms with Gasteiger partial charge in [-0.3, -0.25) is 4.79 Å². The molecule has 3 aromatic rings. The fourth-order valence-electron chi connectivity index (χ4n) is 3.25. The van der Waals surface area contributed by atoms with Gasteiger partial charge in [-0.05, 0) is 17.7 Å². The van der Waals surface area contributed by atoms with Gasteiger partial charge in [-0.15, -0.1) is 0 Å². The number of halogens is 3. The lowest BCUT2D eigenvalue weighted by atomic mass is 10.1. The summed E-state index contributed by atoms with van der Waals surface area (Å²) in [4.78, 5) is 23.7. The molecule has 0 bridgehead atoms. The molecule has 0 saturated carbocycles. The van der Waals surface area contributed by atoms with E-state index in [1.807, 2.05) is 0 Å². The van der Waals surface area contributed by atoms with Crippen LogP contribution >= 0.6 is 0 Å². The van der Waals surface area contributed by atoms with Gasteiger partial charge in [0.15, 0.2) is 0 Å². The Bertz CT molecular complexity index is 1130. The highest BCUT2D eigenvalue weighted by Crippen LogP contribution is 2.36. The number of carbonyl (C=O) groups is 1. The van der Waals surface area contributed by atoms with Gasteiger partial charge in [0.05, 0.1) is 17.8 Å². The second-order valence-electron chi connectivity index (χ2n) is 6.76. The van der Waals surface area contributed by atoms with E-state index in [2.05, 4.69) is 36.2 Å². The molecule has 8 nitrogen and oxygen atoms in total. The Morgan fingerprint density at radius 3 is 2.74 bits per heavy atom. The number of anilines is 5. The molecule has 0 spiro atoms. The molecule has 0 atom stereocenters. The fraction of sp³-hybridized carbons (Fsp3) is 0.200. The molecule has 0 radical (unpaired) electrons. The van der Waals surface area contributed by atoms with Crippen LogP contribution in [0.4, 0.5) is 42.1 Å². The van der Waals surface area contributed by atoms with Crippen LogP contribution in [0.25, 0.3) is 0 Å². The topological polar surface area (TPSA) is 104 Å². The number of fused-ring (bicyclic) bond motifs is 1. The highest BCUT2D eigenvalue weighted by atomic mass is 19.4. The smallest absolute Gasteiger partial charge is 0.373 e. The first-order chi connectivity index (χ1) is 14.8. The van der Waals surface area contributed by atoms with Crippen LogP contribution in [0.2, 0.25) is 0 Å². The quantitative estimate of drug-likeness (QED) is 0.473. The molecular weight excluding hydrogens is 411 g/mol. The van der Waals surface area contributed by atoms with Crippen LogP contribution in [-0.4, -0.2) is 27.9 Å². The molecule has 160 valence electrons. The molecule has 31 heavy (non-hydrogen) atoms. The molecule has 4 rings (SSSR count). The second kappa shape index (κ2) is 8.09. The minimum atomic E-state index is -4.64. The zero-order valence-corrected chi connectivity index (χ0v) is 16.3. The van der Waals surface area contributed by atoms with Gasteiger partial charge in [0.1, 0.15) is 17.2 Å². The van der Waals surface area contributed by atoms with Crippen molar-refractivity contribution in [1.29, 1.82) is 0 Å². The van der Waals surface area contributed by atoms with Crippen molar-refractivity contribution in [2.24, 2.45) is 0 Å². The van der Waals surface area contributed by atoms with Gasteiger partial charge < -0.3 is 21.3 Å². The normalized spacial score (nSPS) is 12.8. The highest BCUT2D eigenvalue weighted by Gasteiger charge is 2.35. The number of alkyl halides is 3. The number of aromatic nitrogens is 3. The van der Waals surface area contributed by atoms with Crippen molar-refractivity contribution in [3.05, 3.63) is 59.4 Å². The number of rotatable bonds is 6. The van der Waals surface area contributed by atoms with E-state index in [-0.39, 0.29) is 30.6 Å². The lowest BCUT2D eigenvalue weighted by Crippen LogP contribution is -2.15. The number of benzene rings is 1. The molecule has 11 heteroatoms. The van der Waals surface area contributed by atoms with E-state index in [1.165, 1.54) is 0 Å². The van der Waals surface area contributed by atoms with Crippen molar-refractivity contribution in [3.63, 3.8) is 0 Å². The summed E-state index contributed by atoms with van der Waals surface area (Å²) in [7, 11) is 1.68. The summed E-state index contributed by atoms with van der Waals surface area (Å²) in [6.45, 7) is 0.0698. The Balaban J connectivity index is 1.63. The number of pyridine rings is 1. The van der Waals surface area contributed by atoms with E-state index in [1.54, 1.807) is 43.6 Å². The van der Waals surface area contributed by atoms with Crippen molar-refractivity contribution in [2.45, 2.75) is 19.1 Å². The average Bonchev–Trinajstić information content (AvgIpc) is 3.13. The van der Waals surface area contributed by atoms with E-state index < -0.39 is 11.7 Å². The van der Waals surface area contributed by atoms with Crippen LogP contribution in [-0.2, 0) is 23.9 Å². The first kappa shape index (κ1) is 20.4. The molecule has 0 unspecified atom stereocenters. The standard InChI is InChI=1S/C20H18F3N7O/c1-24-17-12(5-3-7-25-17)9-26-18-13(20(21,22)23)10-27-19(30-18)28-14-6-2-4-11-8-15(31)29-16(11)14/h2-7,10H,8-9H2,1H3,(H,24,25)(H,29,31)(H2,26,27,28,30). The Kier molecular flexibility index (Phi) is 5.32. The number of amides is 1. The molecule has 1 aliphatic heterocycles. The largest absolute Gasteiger partial charge is 0.421 e. The number of hydrogen-bond acceptors (Lipinski definition) is 7. The van der Waals surface area contributed by atoms with Crippen LogP contribution in [0.1, 0.15) is 16.7 Å². The Morgan fingerprint density at radius 2 is 1.97 bits per heavy atom.